The Kier molecular flexibility index (Phi) is 2.58. The van der Waals surface area contributed by atoms with Crippen LogP contribution in [0.5, 0.6) is 5.75 Å². The number of hydrogen-bond acceptors (Lipinski definition) is 2. The van der Waals surface area contributed by atoms with Gasteiger partial charge in [0.2, 0.25) is 0 Å². The van der Waals surface area contributed by atoms with Crippen LogP contribution >= 0.6 is 0 Å². The molecule has 2 heteroatoms. The molecule has 0 amide bonds. The lowest BCUT2D eigenvalue weighted by Gasteiger charge is -2.10. The molecule has 0 radical (unpaired) electrons. The average Bonchev–Trinajstić information content (AvgIpc) is 2.73. The first kappa shape index (κ1) is 11.3. The van der Waals surface area contributed by atoms with Gasteiger partial charge >= 0.3 is 5.97 Å². The highest BCUT2D eigenvalue weighted by molar-refractivity contribution is 5.90. The molecule has 0 N–H and O–H groups in total. The molecular weight excluding hydrogens is 224 g/mol. The Morgan fingerprint density at radius 2 is 2.06 bits per heavy atom. The predicted octanol–water partition coefficient (Wildman–Crippen LogP) is 3.81. The van der Waals surface area contributed by atoms with E-state index < -0.39 is 0 Å². The van der Waals surface area contributed by atoms with Gasteiger partial charge in [0.05, 0.1) is 6.42 Å². The number of ether oxygens (including phenoxy) is 1. The lowest BCUT2D eigenvalue weighted by molar-refractivity contribution is -0.131. The van der Waals surface area contributed by atoms with Gasteiger partial charge in [0.1, 0.15) is 5.75 Å². The minimum atomic E-state index is -0.151. The number of carbonyl (C=O) groups is 1. The lowest BCUT2D eigenvalue weighted by atomic mass is 9.95. The zero-order chi connectivity index (χ0) is 12.7. The first-order valence-corrected chi connectivity index (χ1v) is 6.44. The summed E-state index contributed by atoms with van der Waals surface area (Å²) < 4.78 is 5.17. The van der Waals surface area contributed by atoms with Crippen LogP contribution in [0, 0.1) is 0 Å². The molecule has 92 valence electrons. The van der Waals surface area contributed by atoms with E-state index in [0.717, 1.165) is 23.1 Å². The van der Waals surface area contributed by atoms with Gasteiger partial charge in [0.25, 0.3) is 0 Å². The van der Waals surface area contributed by atoms with E-state index >= 15 is 0 Å². The largest absolute Gasteiger partial charge is 0.426 e. The standard InChI is InChI=1S/C16H16O2/c1-3-10(2)11-4-5-12-8-15-14(7-13(12)6-11)9-16(17)18-15/h4-8,10H,3,9H2,1-2H3. The second-order valence-electron chi connectivity index (χ2n) is 5.03. The Bertz CT molecular complexity index is 628. The molecule has 0 bridgehead atoms. The van der Waals surface area contributed by atoms with Gasteiger partial charge in [-0.2, -0.15) is 0 Å². The van der Waals surface area contributed by atoms with Crippen molar-refractivity contribution in [1.29, 1.82) is 0 Å². The monoisotopic (exact) mass is 240 g/mol. The van der Waals surface area contributed by atoms with Crippen LogP contribution in [0.3, 0.4) is 0 Å². The van der Waals surface area contributed by atoms with Gasteiger partial charge in [-0.25, -0.2) is 0 Å². The Labute approximate surface area is 107 Å². The van der Waals surface area contributed by atoms with E-state index in [1.165, 1.54) is 10.9 Å². The molecule has 0 aromatic heterocycles. The van der Waals surface area contributed by atoms with Crippen molar-refractivity contribution in [2.75, 3.05) is 0 Å². The van der Waals surface area contributed by atoms with E-state index in [0.29, 0.717) is 12.3 Å². The topological polar surface area (TPSA) is 26.3 Å². The van der Waals surface area contributed by atoms with Crippen molar-refractivity contribution < 1.29 is 9.53 Å². The van der Waals surface area contributed by atoms with Crippen LogP contribution in [0.4, 0.5) is 0 Å². The van der Waals surface area contributed by atoms with Crippen molar-refractivity contribution >= 4 is 16.7 Å². The van der Waals surface area contributed by atoms with E-state index in [2.05, 4.69) is 38.1 Å². The zero-order valence-corrected chi connectivity index (χ0v) is 10.7. The summed E-state index contributed by atoms with van der Waals surface area (Å²) in [4.78, 5) is 11.3. The fourth-order valence-corrected chi connectivity index (χ4v) is 2.43. The highest BCUT2D eigenvalue weighted by Gasteiger charge is 2.20. The normalized spacial score (nSPS) is 15.6. The number of hydrogen-bond donors (Lipinski definition) is 0. The summed E-state index contributed by atoms with van der Waals surface area (Å²) >= 11 is 0. The fraction of sp³-hybridized carbons (Fsp3) is 0.312. The Hall–Kier alpha value is -1.83. The molecule has 0 saturated heterocycles. The Morgan fingerprint density at radius 3 is 2.83 bits per heavy atom. The second kappa shape index (κ2) is 4.13. The van der Waals surface area contributed by atoms with Crippen LogP contribution in [-0.2, 0) is 11.2 Å². The van der Waals surface area contributed by atoms with Gasteiger partial charge in [-0.3, -0.25) is 4.79 Å². The number of esters is 1. The van der Waals surface area contributed by atoms with E-state index in [1.807, 2.05) is 6.07 Å². The molecule has 1 unspecified atom stereocenters. The predicted molar refractivity (Wildman–Crippen MR) is 72.0 cm³/mol. The maximum Gasteiger partial charge on any atom is 0.315 e. The smallest absolute Gasteiger partial charge is 0.315 e. The SMILES string of the molecule is CCC(C)c1ccc2cc3c(cc2c1)CC(=O)O3. The molecule has 1 atom stereocenters. The molecule has 0 saturated carbocycles. The molecular formula is C16H16O2. The molecule has 0 aliphatic carbocycles. The van der Waals surface area contributed by atoms with Crippen LogP contribution in [0.1, 0.15) is 37.3 Å². The summed E-state index contributed by atoms with van der Waals surface area (Å²) in [6.07, 6.45) is 1.54. The third kappa shape index (κ3) is 1.78. The maximum absolute atomic E-state index is 11.3. The van der Waals surface area contributed by atoms with Crippen molar-refractivity contribution in [3.63, 3.8) is 0 Å². The van der Waals surface area contributed by atoms with E-state index in [1.54, 1.807) is 0 Å². The fourth-order valence-electron chi connectivity index (χ4n) is 2.43. The molecule has 2 aromatic carbocycles. The molecule has 0 fully saturated rings. The van der Waals surface area contributed by atoms with Crippen LogP contribution < -0.4 is 4.74 Å². The van der Waals surface area contributed by atoms with E-state index in [-0.39, 0.29) is 5.97 Å². The molecule has 0 spiro atoms. The summed E-state index contributed by atoms with van der Waals surface area (Å²) in [5.74, 6) is 1.15. The third-order valence-corrected chi connectivity index (χ3v) is 3.78. The van der Waals surface area contributed by atoms with Gasteiger partial charge in [-0.1, -0.05) is 32.0 Å². The van der Waals surface area contributed by atoms with Crippen molar-refractivity contribution in [3.05, 3.63) is 41.5 Å². The van der Waals surface area contributed by atoms with E-state index in [9.17, 15) is 4.79 Å². The molecule has 18 heavy (non-hydrogen) atoms. The molecule has 3 rings (SSSR count). The van der Waals surface area contributed by atoms with Crippen LogP contribution in [0.15, 0.2) is 30.3 Å². The summed E-state index contributed by atoms with van der Waals surface area (Å²) in [6, 6.07) is 10.6. The first-order chi connectivity index (χ1) is 8.67. The van der Waals surface area contributed by atoms with Gasteiger partial charge in [0.15, 0.2) is 0 Å². The minimum Gasteiger partial charge on any atom is -0.426 e. The van der Waals surface area contributed by atoms with Gasteiger partial charge in [-0.05, 0) is 40.8 Å². The van der Waals surface area contributed by atoms with Crippen molar-refractivity contribution in [3.8, 4) is 5.75 Å². The molecule has 1 aliphatic rings. The number of carbonyl (C=O) groups excluding carboxylic acids is 1. The lowest BCUT2D eigenvalue weighted by Crippen LogP contribution is -2.00. The average molecular weight is 240 g/mol. The molecule has 2 aromatic rings. The van der Waals surface area contributed by atoms with Gasteiger partial charge < -0.3 is 4.74 Å². The first-order valence-electron chi connectivity index (χ1n) is 6.44. The van der Waals surface area contributed by atoms with Crippen LogP contribution in [-0.4, -0.2) is 5.97 Å². The van der Waals surface area contributed by atoms with Gasteiger partial charge in [0, 0.05) is 5.56 Å². The number of benzene rings is 2. The molecule has 2 nitrogen and oxygen atoms in total. The van der Waals surface area contributed by atoms with E-state index in [4.69, 9.17) is 4.74 Å². The summed E-state index contributed by atoms with van der Waals surface area (Å²) in [5, 5.41) is 2.33. The quantitative estimate of drug-likeness (QED) is 0.589. The minimum absolute atomic E-state index is 0.151. The second-order valence-corrected chi connectivity index (χ2v) is 5.03. The maximum atomic E-state index is 11.3. The zero-order valence-electron chi connectivity index (χ0n) is 10.7. The Morgan fingerprint density at radius 1 is 1.22 bits per heavy atom. The highest BCUT2D eigenvalue weighted by Crippen LogP contribution is 2.32. The van der Waals surface area contributed by atoms with Gasteiger partial charge in [-0.15, -0.1) is 0 Å². The van der Waals surface area contributed by atoms with Crippen LogP contribution in [0.25, 0.3) is 10.8 Å². The highest BCUT2D eigenvalue weighted by atomic mass is 16.5. The molecule has 1 heterocycles. The van der Waals surface area contributed by atoms with Crippen molar-refractivity contribution in [2.24, 2.45) is 0 Å². The Balaban J connectivity index is 2.12. The third-order valence-electron chi connectivity index (χ3n) is 3.78. The van der Waals surface area contributed by atoms with Crippen molar-refractivity contribution in [1.82, 2.24) is 0 Å². The molecule has 1 aliphatic heterocycles. The summed E-state index contributed by atoms with van der Waals surface area (Å²) in [5.41, 5.74) is 2.36. The number of rotatable bonds is 2. The summed E-state index contributed by atoms with van der Waals surface area (Å²) in [6.45, 7) is 4.44. The summed E-state index contributed by atoms with van der Waals surface area (Å²) in [7, 11) is 0. The van der Waals surface area contributed by atoms with Crippen LogP contribution in [0.2, 0.25) is 0 Å². The van der Waals surface area contributed by atoms with Crippen molar-refractivity contribution in [2.45, 2.75) is 32.6 Å². The number of fused-ring (bicyclic) bond motifs is 2.